The molecule has 0 saturated carbocycles. The minimum absolute atomic E-state index is 0.118. The van der Waals surface area contributed by atoms with Crippen LogP contribution in [0.15, 0.2) is 54.9 Å². The topological polar surface area (TPSA) is 51.2 Å². The molecule has 1 heterocycles. The van der Waals surface area contributed by atoms with Gasteiger partial charge < -0.3 is 10.1 Å². The fraction of sp³-hybridized carbons (Fsp3) is 0.176. The fourth-order valence-corrected chi connectivity index (χ4v) is 1.88. The first-order valence-corrected chi connectivity index (χ1v) is 6.68. The Labute approximate surface area is 124 Å². The van der Waals surface area contributed by atoms with Crippen LogP contribution >= 0.6 is 0 Å². The van der Waals surface area contributed by atoms with E-state index in [1.807, 2.05) is 43.3 Å². The summed E-state index contributed by atoms with van der Waals surface area (Å²) in [5.41, 5.74) is 2.87. The monoisotopic (exact) mass is 282 g/mol. The first kappa shape index (κ1) is 14.8. The van der Waals surface area contributed by atoms with Gasteiger partial charge in [0.15, 0.2) is 0 Å². The van der Waals surface area contributed by atoms with E-state index in [1.165, 1.54) is 0 Å². The Morgan fingerprint density at radius 2 is 2.05 bits per heavy atom. The van der Waals surface area contributed by atoms with Crippen molar-refractivity contribution >= 4 is 11.5 Å². The van der Waals surface area contributed by atoms with E-state index in [0.29, 0.717) is 6.54 Å². The molecule has 0 aliphatic heterocycles. The highest BCUT2D eigenvalue weighted by molar-refractivity contribution is 5.94. The number of aromatic nitrogens is 1. The Morgan fingerprint density at radius 3 is 2.67 bits per heavy atom. The highest BCUT2D eigenvalue weighted by Crippen LogP contribution is 2.17. The van der Waals surface area contributed by atoms with E-state index in [4.69, 9.17) is 4.74 Å². The zero-order valence-corrected chi connectivity index (χ0v) is 12.2. The summed E-state index contributed by atoms with van der Waals surface area (Å²) in [6.07, 6.45) is 5.04. The van der Waals surface area contributed by atoms with Gasteiger partial charge in [0.1, 0.15) is 5.75 Å². The third-order valence-electron chi connectivity index (χ3n) is 3.08. The number of hydrogen-bond acceptors (Lipinski definition) is 3. The predicted octanol–water partition coefficient (Wildman–Crippen LogP) is 2.81. The molecule has 21 heavy (non-hydrogen) atoms. The number of nitrogens with one attached hydrogen (secondary N) is 1. The first-order chi connectivity index (χ1) is 10.2. The summed E-state index contributed by atoms with van der Waals surface area (Å²) in [5, 5.41) is 2.84. The van der Waals surface area contributed by atoms with E-state index >= 15 is 0 Å². The van der Waals surface area contributed by atoms with E-state index in [1.54, 1.807) is 25.6 Å². The Hall–Kier alpha value is -2.62. The first-order valence-electron chi connectivity index (χ1n) is 6.68. The number of methoxy groups -OCH3 is 1. The molecular formula is C17H18N2O2. The summed E-state index contributed by atoms with van der Waals surface area (Å²) in [7, 11) is 1.63. The van der Waals surface area contributed by atoms with Crippen LogP contribution in [0.25, 0.3) is 5.57 Å². The zero-order chi connectivity index (χ0) is 15.1. The molecule has 2 aromatic rings. The molecule has 0 atom stereocenters. The zero-order valence-electron chi connectivity index (χ0n) is 12.2. The van der Waals surface area contributed by atoms with Gasteiger partial charge in [-0.25, -0.2) is 0 Å². The fourth-order valence-electron chi connectivity index (χ4n) is 1.88. The molecule has 4 heteroatoms. The molecule has 1 aromatic heterocycles. The van der Waals surface area contributed by atoms with Gasteiger partial charge in [-0.3, -0.25) is 9.78 Å². The van der Waals surface area contributed by atoms with Crippen LogP contribution in [0.4, 0.5) is 0 Å². The van der Waals surface area contributed by atoms with Crippen LogP contribution in [-0.4, -0.2) is 18.0 Å². The van der Waals surface area contributed by atoms with Crippen LogP contribution in [0, 0.1) is 0 Å². The predicted molar refractivity (Wildman–Crippen MR) is 82.7 cm³/mol. The third-order valence-corrected chi connectivity index (χ3v) is 3.08. The largest absolute Gasteiger partial charge is 0.497 e. The smallest absolute Gasteiger partial charge is 0.244 e. The van der Waals surface area contributed by atoms with Crippen LogP contribution in [0.5, 0.6) is 5.75 Å². The average Bonchev–Trinajstić information content (AvgIpc) is 2.54. The van der Waals surface area contributed by atoms with Crippen molar-refractivity contribution in [2.45, 2.75) is 13.5 Å². The van der Waals surface area contributed by atoms with Crippen molar-refractivity contribution in [1.29, 1.82) is 0 Å². The third kappa shape index (κ3) is 4.45. The normalized spacial score (nSPS) is 11.0. The number of rotatable bonds is 5. The second kappa shape index (κ2) is 7.24. The maximum absolute atomic E-state index is 11.9. The molecule has 0 aliphatic carbocycles. The minimum Gasteiger partial charge on any atom is -0.497 e. The van der Waals surface area contributed by atoms with Crippen LogP contribution in [0.2, 0.25) is 0 Å². The Bertz CT molecular complexity index is 619. The maximum atomic E-state index is 11.9. The number of hydrogen-bond donors (Lipinski definition) is 1. The lowest BCUT2D eigenvalue weighted by Crippen LogP contribution is -2.20. The number of benzene rings is 1. The number of carbonyl (C=O) groups excluding carboxylic acids is 1. The van der Waals surface area contributed by atoms with Gasteiger partial charge in [0, 0.05) is 25.0 Å². The van der Waals surface area contributed by atoms with Crippen LogP contribution in [0.1, 0.15) is 18.1 Å². The number of amides is 1. The van der Waals surface area contributed by atoms with Gasteiger partial charge in [-0.05, 0) is 41.8 Å². The summed E-state index contributed by atoms with van der Waals surface area (Å²) in [6, 6.07) is 11.4. The molecule has 0 unspecified atom stereocenters. The average molecular weight is 282 g/mol. The SMILES string of the molecule is COc1ccc(/C(C)=C/C(=O)NCc2cccnc2)cc1. The molecule has 108 valence electrons. The van der Waals surface area contributed by atoms with Gasteiger partial charge in [0.05, 0.1) is 7.11 Å². The Kier molecular flexibility index (Phi) is 5.10. The van der Waals surface area contributed by atoms with Gasteiger partial charge in [-0.15, -0.1) is 0 Å². The molecule has 0 saturated heterocycles. The van der Waals surface area contributed by atoms with Crippen molar-refractivity contribution in [2.24, 2.45) is 0 Å². The van der Waals surface area contributed by atoms with Crippen molar-refractivity contribution < 1.29 is 9.53 Å². The molecule has 1 amide bonds. The number of pyridine rings is 1. The lowest BCUT2D eigenvalue weighted by atomic mass is 10.1. The van der Waals surface area contributed by atoms with Crippen molar-refractivity contribution in [2.75, 3.05) is 7.11 Å². The number of allylic oxidation sites excluding steroid dienone is 1. The van der Waals surface area contributed by atoms with Crippen molar-refractivity contribution in [3.63, 3.8) is 0 Å². The molecule has 0 aliphatic rings. The molecule has 2 rings (SSSR count). The highest BCUT2D eigenvalue weighted by Gasteiger charge is 2.01. The lowest BCUT2D eigenvalue weighted by molar-refractivity contribution is -0.116. The highest BCUT2D eigenvalue weighted by atomic mass is 16.5. The minimum atomic E-state index is -0.118. The summed E-state index contributed by atoms with van der Waals surface area (Å²) in [4.78, 5) is 15.9. The van der Waals surface area contributed by atoms with E-state index in [-0.39, 0.29) is 5.91 Å². The van der Waals surface area contributed by atoms with E-state index in [2.05, 4.69) is 10.3 Å². The summed E-state index contributed by atoms with van der Waals surface area (Å²) >= 11 is 0. The van der Waals surface area contributed by atoms with Gasteiger partial charge >= 0.3 is 0 Å². The lowest BCUT2D eigenvalue weighted by Gasteiger charge is -2.05. The van der Waals surface area contributed by atoms with E-state index < -0.39 is 0 Å². The van der Waals surface area contributed by atoms with Crippen molar-refractivity contribution in [3.05, 3.63) is 66.0 Å². The van der Waals surface area contributed by atoms with Crippen molar-refractivity contribution in [1.82, 2.24) is 10.3 Å². The van der Waals surface area contributed by atoms with Crippen LogP contribution < -0.4 is 10.1 Å². The van der Waals surface area contributed by atoms with Crippen LogP contribution in [0.3, 0.4) is 0 Å². The number of carbonyl (C=O) groups is 1. The summed E-state index contributed by atoms with van der Waals surface area (Å²) < 4.78 is 5.11. The van der Waals surface area contributed by atoms with Gasteiger partial charge in [-0.1, -0.05) is 18.2 Å². The molecule has 0 radical (unpaired) electrons. The molecule has 0 bridgehead atoms. The second-order valence-corrected chi connectivity index (χ2v) is 4.63. The van der Waals surface area contributed by atoms with E-state index in [0.717, 1.165) is 22.4 Å². The molecule has 1 aromatic carbocycles. The molecule has 4 nitrogen and oxygen atoms in total. The van der Waals surface area contributed by atoms with Crippen LogP contribution in [-0.2, 0) is 11.3 Å². The van der Waals surface area contributed by atoms with E-state index in [9.17, 15) is 4.79 Å². The molecule has 1 N–H and O–H groups in total. The Balaban J connectivity index is 1.95. The molecule has 0 spiro atoms. The van der Waals surface area contributed by atoms with Crippen molar-refractivity contribution in [3.8, 4) is 5.75 Å². The Morgan fingerprint density at radius 1 is 1.29 bits per heavy atom. The standard InChI is InChI=1S/C17H18N2O2/c1-13(15-5-7-16(21-2)8-6-15)10-17(20)19-12-14-4-3-9-18-11-14/h3-11H,12H2,1-2H3,(H,19,20)/b13-10+. The number of ether oxygens (including phenoxy) is 1. The van der Waals surface area contributed by atoms with Gasteiger partial charge in [0.25, 0.3) is 0 Å². The molecule has 0 fully saturated rings. The quantitative estimate of drug-likeness (QED) is 0.858. The maximum Gasteiger partial charge on any atom is 0.244 e. The number of nitrogens with zero attached hydrogens (tertiary/aromatic N) is 1. The summed E-state index contributed by atoms with van der Waals surface area (Å²) in [5.74, 6) is 0.680. The van der Waals surface area contributed by atoms with Gasteiger partial charge in [0.2, 0.25) is 5.91 Å². The molecular weight excluding hydrogens is 264 g/mol. The van der Waals surface area contributed by atoms with Gasteiger partial charge in [-0.2, -0.15) is 0 Å². The summed E-state index contributed by atoms with van der Waals surface area (Å²) in [6.45, 7) is 2.38. The second-order valence-electron chi connectivity index (χ2n) is 4.63.